The lowest BCUT2D eigenvalue weighted by molar-refractivity contribution is -0.142. The van der Waals surface area contributed by atoms with Gasteiger partial charge in [-0.25, -0.2) is 10.2 Å². The molecule has 0 heterocycles. The first-order valence-corrected chi connectivity index (χ1v) is 10.1. The Kier molecular flexibility index (Phi) is 8.71. The van der Waals surface area contributed by atoms with Gasteiger partial charge in [-0.15, -0.1) is 0 Å². The number of hydrogen-bond acceptors (Lipinski definition) is 6. The van der Waals surface area contributed by atoms with Crippen molar-refractivity contribution in [2.45, 2.75) is 6.92 Å². The van der Waals surface area contributed by atoms with Crippen molar-refractivity contribution in [3.63, 3.8) is 0 Å². The van der Waals surface area contributed by atoms with Crippen LogP contribution < -0.4 is 14.9 Å². The quantitative estimate of drug-likeness (QED) is 0.230. The van der Waals surface area contributed by atoms with Crippen molar-refractivity contribution < 1.29 is 23.8 Å². The number of carbonyl (C=O) groups is 2. The highest BCUT2D eigenvalue weighted by molar-refractivity contribution is 14.1. The average molecular weight is 561 g/mol. The van der Waals surface area contributed by atoms with Gasteiger partial charge >= 0.3 is 5.97 Å². The number of hydrazone groups is 1. The summed E-state index contributed by atoms with van der Waals surface area (Å²) in [4.78, 5) is 23.4. The third kappa shape index (κ3) is 6.48. The molecule has 0 atom stereocenters. The molecule has 148 valence electrons. The van der Waals surface area contributed by atoms with Gasteiger partial charge in [0.25, 0.3) is 5.91 Å². The number of hydrogen-bond donors (Lipinski definition) is 1. The number of benzene rings is 2. The van der Waals surface area contributed by atoms with Crippen LogP contribution in [0.15, 0.2) is 46.0 Å². The van der Waals surface area contributed by atoms with Crippen LogP contribution in [0.25, 0.3) is 0 Å². The Bertz CT molecular complexity index is 871. The minimum absolute atomic E-state index is 0.241. The number of amides is 1. The molecule has 2 rings (SSSR count). The summed E-state index contributed by atoms with van der Waals surface area (Å²) in [5.41, 5.74) is 3.66. The Morgan fingerprint density at radius 1 is 1.21 bits per heavy atom. The van der Waals surface area contributed by atoms with Crippen LogP contribution in [-0.2, 0) is 9.53 Å². The molecule has 0 saturated carbocycles. The van der Waals surface area contributed by atoms with Crippen molar-refractivity contribution in [2.24, 2.45) is 5.10 Å². The zero-order valence-corrected chi connectivity index (χ0v) is 18.9. The summed E-state index contributed by atoms with van der Waals surface area (Å²) in [7, 11) is 1.29. The maximum atomic E-state index is 12.1. The molecule has 1 amide bonds. The molecule has 0 aliphatic carbocycles. The molecule has 1 N–H and O–H groups in total. The minimum Gasteiger partial charge on any atom is -0.490 e. The fraction of sp³-hybridized carbons (Fsp3) is 0.211. The molecule has 0 aliphatic rings. The first kappa shape index (κ1) is 22.2. The third-order valence-electron chi connectivity index (χ3n) is 3.38. The van der Waals surface area contributed by atoms with Gasteiger partial charge in [-0.3, -0.25) is 4.79 Å². The zero-order chi connectivity index (χ0) is 20.5. The second kappa shape index (κ2) is 11.0. The van der Waals surface area contributed by atoms with E-state index < -0.39 is 5.97 Å². The highest BCUT2D eigenvalue weighted by Gasteiger charge is 2.14. The number of methoxy groups -OCH3 is 1. The first-order chi connectivity index (χ1) is 13.4. The van der Waals surface area contributed by atoms with Gasteiger partial charge in [0.05, 0.1) is 24.4 Å². The lowest BCUT2D eigenvalue weighted by Gasteiger charge is -2.13. The van der Waals surface area contributed by atoms with E-state index in [9.17, 15) is 9.59 Å². The molecular weight excluding hydrogens is 543 g/mol. The van der Waals surface area contributed by atoms with Gasteiger partial charge in [0.2, 0.25) is 0 Å². The molecule has 7 nitrogen and oxygen atoms in total. The number of carbonyl (C=O) groups excluding carboxylic acids is 2. The Labute approximate surface area is 184 Å². The van der Waals surface area contributed by atoms with Crippen LogP contribution >= 0.6 is 38.5 Å². The molecule has 2 aromatic rings. The molecule has 28 heavy (non-hydrogen) atoms. The van der Waals surface area contributed by atoms with E-state index in [0.717, 1.165) is 3.57 Å². The fourth-order valence-electron chi connectivity index (χ4n) is 2.09. The van der Waals surface area contributed by atoms with Crippen molar-refractivity contribution in [3.8, 4) is 11.5 Å². The number of ether oxygens (including phenoxy) is 3. The van der Waals surface area contributed by atoms with E-state index in [-0.39, 0.29) is 12.5 Å². The first-order valence-electron chi connectivity index (χ1n) is 8.19. The van der Waals surface area contributed by atoms with Crippen LogP contribution in [0, 0.1) is 3.57 Å². The van der Waals surface area contributed by atoms with Crippen LogP contribution in [0.3, 0.4) is 0 Å². The Morgan fingerprint density at radius 3 is 2.57 bits per heavy atom. The van der Waals surface area contributed by atoms with Crippen LogP contribution in [0.1, 0.15) is 22.8 Å². The number of rotatable bonds is 8. The van der Waals surface area contributed by atoms with Gasteiger partial charge in [0, 0.05) is 9.13 Å². The zero-order valence-electron chi connectivity index (χ0n) is 15.2. The smallest absolute Gasteiger partial charge is 0.343 e. The number of esters is 1. The third-order valence-corrected chi connectivity index (χ3v) is 4.69. The van der Waals surface area contributed by atoms with Gasteiger partial charge in [-0.05, 0) is 87.4 Å². The van der Waals surface area contributed by atoms with Gasteiger partial charge < -0.3 is 14.2 Å². The van der Waals surface area contributed by atoms with Crippen molar-refractivity contribution in [1.82, 2.24) is 5.43 Å². The van der Waals surface area contributed by atoms with Crippen molar-refractivity contribution in [3.05, 3.63) is 55.6 Å². The Hall–Kier alpha value is -2.14. The Balaban J connectivity index is 2.12. The lowest BCUT2D eigenvalue weighted by Crippen LogP contribution is -2.17. The normalized spacial score (nSPS) is 10.6. The minimum atomic E-state index is -0.502. The second-order valence-corrected chi connectivity index (χ2v) is 7.43. The predicted molar refractivity (Wildman–Crippen MR) is 117 cm³/mol. The molecule has 2 aromatic carbocycles. The molecule has 0 spiro atoms. The largest absolute Gasteiger partial charge is 0.490 e. The van der Waals surface area contributed by atoms with E-state index in [0.29, 0.717) is 33.7 Å². The van der Waals surface area contributed by atoms with Crippen molar-refractivity contribution >= 4 is 56.6 Å². The standard InChI is InChI=1S/C19H18BrIN2O5/c1-3-27-16-9-12(8-15(20)18(16)28-11-17(24)26-2)10-22-23-19(25)13-4-6-14(21)7-5-13/h4-10H,3,11H2,1-2H3,(H,23,25)/b22-10-. The van der Waals surface area contributed by atoms with Crippen LogP contribution in [0.5, 0.6) is 11.5 Å². The summed E-state index contributed by atoms with van der Waals surface area (Å²) in [6.45, 7) is 2.00. The second-order valence-electron chi connectivity index (χ2n) is 5.33. The topological polar surface area (TPSA) is 86.2 Å². The van der Waals surface area contributed by atoms with Gasteiger partial charge in [0.15, 0.2) is 18.1 Å². The van der Waals surface area contributed by atoms with E-state index in [1.54, 1.807) is 24.3 Å². The average Bonchev–Trinajstić information content (AvgIpc) is 2.67. The molecule has 0 saturated heterocycles. The summed E-state index contributed by atoms with van der Waals surface area (Å²) in [5.74, 6) is 0.00610. The maximum Gasteiger partial charge on any atom is 0.343 e. The predicted octanol–water partition coefficient (Wildman–Crippen LogP) is 3.77. The van der Waals surface area contributed by atoms with Crippen LogP contribution in [0.2, 0.25) is 0 Å². The van der Waals surface area contributed by atoms with Gasteiger partial charge in [-0.2, -0.15) is 5.10 Å². The van der Waals surface area contributed by atoms with E-state index in [4.69, 9.17) is 9.47 Å². The summed E-state index contributed by atoms with van der Waals surface area (Å²) in [6, 6.07) is 10.6. The molecule has 0 aliphatic heterocycles. The molecule has 0 fully saturated rings. The highest BCUT2D eigenvalue weighted by Crippen LogP contribution is 2.36. The maximum absolute atomic E-state index is 12.1. The van der Waals surface area contributed by atoms with Gasteiger partial charge in [0.1, 0.15) is 0 Å². The SMILES string of the molecule is CCOc1cc(/C=N\NC(=O)c2ccc(I)cc2)cc(Br)c1OCC(=O)OC. The van der Waals surface area contributed by atoms with E-state index in [1.165, 1.54) is 13.3 Å². The summed E-state index contributed by atoms with van der Waals surface area (Å²) >= 11 is 5.57. The molecule has 9 heteroatoms. The molecule has 0 bridgehead atoms. The van der Waals surface area contributed by atoms with E-state index >= 15 is 0 Å². The van der Waals surface area contributed by atoms with Crippen molar-refractivity contribution in [2.75, 3.05) is 20.3 Å². The monoisotopic (exact) mass is 560 g/mol. The Morgan fingerprint density at radius 2 is 1.93 bits per heavy atom. The van der Waals surface area contributed by atoms with Crippen molar-refractivity contribution in [1.29, 1.82) is 0 Å². The molecule has 0 radical (unpaired) electrons. The van der Waals surface area contributed by atoms with Crippen LogP contribution in [0.4, 0.5) is 0 Å². The van der Waals surface area contributed by atoms with E-state index in [1.807, 2.05) is 19.1 Å². The number of nitrogens with one attached hydrogen (secondary N) is 1. The molecular formula is C19H18BrIN2O5. The van der Waals surface area contributed by atoms with Crippen LogP contribution in [-0.4, -0.2) is 38.4 Å². The fourth-order valence-corrected chi connectivity index (χ4v) is 3.02. The van der Waals surface area contributed by atoms with E-state index in [2.05, 4.69) is 53.8 Å². The summed E-state index contributed by atoms with van der Waals surface area (Å²) in [6.07, 6.45) is 1.49. The number of nitrogens with zero attached hydrogens (tertiary/aromatic N) is 1. The highest BCUT2D eigenvalue weighted by atomic mass is 127. The summed E-state index contributed by atoms with van der Waals surface area (Å²) in [5, 5.41) is 3.98. The number of halogens is 2. The molecule has 0 unspecified atom stereocenters. The van der Waals surface area contributed by atoms with Gasteiger partial charge in [-0.1, -0.05) is 0 Å². The lowest BCUT2D eigenvalue weighted by atomic mass is 10.2. The summed E-state index contributed by atoms with van der Waals surface area (Å²) < 4.78 is 17.2. The molecule has 0 aromatic heterocycles.